The highest BCUT2D eigenvalue weighted by Crippen LogP contribution is 2.38. The van der Waals surface area contributed by atoms with Crippen LogP contribution in [0.5, 0.6) is 0 Å². The second-order valence-electron chi connectivity index (χ2n) is 7.87. The molecule has 7 heteroatoms. The van der Waals surface area contributed by atoms with Crippen molar-refractivity contribution in [2.45, 2.75) is 32.4 Å². The number of hydrogen-bond donors (Lipinski definition) is 2. The van der Waals surface area contributed by atoms with Gasteiger partial charge in [-0.3, -0.25) is 9.78 Å². The van der Waals surface area contributed by atoms with Crippen LogP contribution in [0, 0.1) is 24.1 Å². The Morgan fingerprint density at radius 2 is 2.13 bits per heavy atom. The van der Waals surface area contributed by atoms with Gasteiger partial charge in [0.05, 0.1) is 29.4 Å². The van der Waals surface area contributed by atoms with Crippen LogP contribution < -0.4 is 5.32 Å². The largest absolute Gasteiger partial charge is 0.316 e. The van der Waals surface area contributed by atoms with E-state index in [0.717, 1.165) is 46.1 Å². The molecule has 1 aliphatic rings. The highest BCUT2D eigenvalue weighted by molar-refractivity contribution is 5.97. The maximum absolute atomic E-state index is 15.1. The van der Waals surface area contributed by atoms with Gasteiger partial charge < -0.3 is 5.32 Å². The molecule has 0 amide bonds. The molecule has 5 rings (SSSR count). The molecule has 2 aromatic heterocycles. The Labute approximate surface area is 173 Å². The number of H-pyrrole nitrogens is 1. The van der Waals surface area contributed by atoms with Crippen molar-refractivity contribution >= 4 is 10.9 Å². The van der Waals surface area contributed by atoms with Crippen molar-refractivity contribution in [1.29, 1.82) is 5.26 Å². The number of nitrogens with zero attached hydrogens (tertiary/aromatic N) is 4. The van der Waals surface area contributed by atoms with Gasteiger partial charge in [-0.25, -0.2) is 4.39 Å². The number of halogens is 1. The van der Waals surface area contributed by atoms with Gasteiger partial charge in [0.1, 0.15) is 11.5 Å². The molecule has 0 bridgehead atoms. The topological polar surface area (TPSA) is 82.3 Å². The maximum Gasteiger partial charge on any atom is 0.131 e. The van der Waals surface area contributed by atoms with Crippen molar-refractivity contribution in [3.05, 3.63) is 59.2 Å². The summed E-state index contributed by atoms with van der Waals surface area (Å²) in [6.45, 7) is 2.46. The van der Waals surface area contributed by atoms with Gasteiger partial charge in [0, 0.05) is 34.8 Å². The van der Waals surface area contributed by atoms with Crippen molar-refractivity contribution in [2.24, 2.45) is 0 Å². The van der Waals surface area contributed by atoms with E-state index >= 15 is 4.39 Å². The van der Waals surface area contributed by atoms with Gasteiger partial charge in [-0.15, -0.1) is 0 Å². The number of nitrogens with one attached hydrogen (secondary N) is 2. The fraction of sp³-hybridized carbons (Fsp3) is 0.261. The van der Waals surface area contributed by atoms with Crippen molar-refractivity contribution < 1.29 is 4.39 Å². The van der Waals surface area contributed by atoms with E-state index in [4.69, 9.17) is 0 Å². The number of aryl methyl sites for hydroxylation is 1. The highest BCUT2D eigenvalue weighted by Gasteiger charge is 2.25. The van der Waals surface area contributed by atoms with Crippen LogP contribution in [0.25, 0.3) is 33.3 Å². The first kappa shape index (κ1) is 18.5. The minimum atomic E-state index is -0.331. The lowest BCUT2D eigenvalue weighted by Crippen LogP contribution is -2.06. The summed E-state index contributed by atoms with van der Waals surface area (Å²) in [5.74, 6) is -0.331. The smallest absolute Gasteiger partial charge is 0.131 e. The second kappa shape index (κ2) is 7.08. The van der Waals surface area contributed by atoms with Crippen molar-refractivity contribution in [3.63, 3.8) is 0 Å². The quantitative estimate of drug-likeness (QED) is 0.518. The van der Waals surface area contributed by atoms with E-state index in [0.29, 0.717) is 29.3 Å². The monoisotopic (exact) mass is 400 g/mol. The number of benzene rings is 2. The third-order valence-electron chi connectivity index (χ3n) is 5.61. The lowest BCUT2D eigenvalue weighted by molar-refractivity contribution is 0.626. The summed E-state index contributed by atoms with van der Waals surface area (Å²) in [6.07, 6.45) is 6.12. The van der Waals surface area contributed by atoms with E-state index in [-0.39, 0.29) is 5.82 Å². The summed E-state index contributed by atoms with van der Waals surface area (Å²) in [6, 6.07) is 9.79. The fourth-order valence-corrected chi connectivity index (χ4v) is 4.05. The minimum Gasteiger partial charge on any atom is -0.316 e. The molecule has 0 radical (unpaired) electrons. The van der Waals surface area contributed by atoms with Crippen LogP contribution in [0.15, 0.2) is 36.7 Å². The summed E-state index contributed by atoms with van der Waals surface area (Å²) in [5.41, 5.74) is 5.51. The van der Waals surface area contributed by atoms with Gasteiger partial charge in [0.2, 0.25) is 0 Å². The zero-order valence-corrected chi connectivity index (χ0v) is 16.8. The van der Waals surface area contributed by atoms with Crippen LogP contribution in [0.3, 0.4) is 0 Å². The van der Waals surface area contributed by atoms with Crippen molar-refractivity contribution in [2.75, 3.05) is 7.05 Å². The predicted octanol–water partition coefficient (Wildman–Crippen LogP) is 4.47. The Bertz CT molecular complexity index is 1280. The van der Waals surface area contributed by atoms with E-state index in [1.54, 1.807) is 6.07 Å². The Morgan fingerprint density at radius 1 is 1.30 bits per heavy atom. The molecular weight excluding hydrogens is 379 g/mol. The normalized spacial score (nSPS) is 13.7. The molecule has 0 saturated heterocycles. The molecule has 150 valence electrons. The molecule has 4 aromatic rings. The van der Waals surface area contributed by atoms with Crippen LogP contribution >= 0.6 is 0 Å². The second-order valence-corrected chi connectivity index (χ2v) is 7.87. The SMILES string of the molecule is CNCc1cc(C)c(-c2cc3c(-c4cnn(C5CC5)c4)n[nH]c3cc2C#N)c(F)c1. The highest BCUT2D eigenvalue weighted by atomic mass is 19.1. The Morgan fingerprint density at radius 3 is 2.83 bits per heavy atom. The van der Waals surface area contributed by atoms with Gasteiger partial charge >= 0.3 is 0 Å². The molecule has 0 atom stereocenters. The fourth-order valence-electron chi connectivity index (χ4n) is 4.05. The first-order valence-electron chi connectivity index (χ1n) is 9.99. The first-order chi connectivity index (χ1) is 14.6. The zero-order chi connectivity index (χ0) is 20.8. The van der Waals surface area contributed by atoms with Crippen molar-refractivity contribution in [3.8, 4) is 28.5 Å². The average Bonchev–Trinajstić information content (AvgIpc) is 3.31. The van der Waals surface area contributed by atoms with E-state index in [9.17, 15) is 5.26 Å². The molecule has 2 heterocycles. The summed E-state index contributed by atoms with van der Waals surface area (Å²) in [4.78, 5) is 0. The standard InChI is InChI=1S/C23H21FN6/c1-13-5-14(10-26-2)6-20(24)22(13)18-8-19-21(7-15(18)9-25)28-29-23(19)16-11-27-30(12-16)17-3-4-17/h5-8,11-12,17,26H,3-4,10H2,1-2H3,(H,28,29). The summed E-state index contributed by atoms with van der Waals surface area (Å²) < 4.78 is 17.1. The van der Waals surface area contributed by atoms with Crippen molar-refractivity contribution in [1.82, 2.24) is 25.3 Å². The number of aromatic nitrogens is 4. The van der Waals surface area contributed by atoms with Crippen LogP contribution in [0.1, 0.15) is 35.6 Å². The maximum atomic E-state index is 15.1. The number of fused-ring (bicyclic) bond motifs is 1. The van der Waals surface area contributed by atoms with E-state index in [1.807, 2.05) is 43.2 Å². The molecule has 1 saturated carbocycles. The Kier molecular flexibility index (Phi) is 4.37. The van der Waals surface area contributed by atoms with Crippen LogP contribution in [0.2, 0.25) is 0 Å². The molecule has 6 nitrogen and oxygen atoms in total. The van der Waals surface area contributed by atoms with E-state index in [2.05, 4.69) is 26.7 Å². The predicted molar refractivity (Wildman–Crippen MR) is 113 cm³/mol. The zero-order valence-electron chi connectivity index (χ0n) is 16.8. The van der Waals surface area contributed by atoms with Gasteiger partial charge in [0.15, 0.2) is 0 Å². The Balaban J connectivity index is 1.67. The number of hydrogen-bond acceptors (Lipinski definition) is 4. The van der Waals surface area contributed by atoms with Crippen LogP contribution in [-0.2, 0) is 6.54 Å². The molecule has 30 heavy (non-hydrogen) atoms. The molecule has 0 spiro atoms. The van der Waals surface area contributed by atoms with Gasteiger partial charge in [0.25, 0.3) is 0 Å². The number of aromatic amines is 1. The third-order valence-corrected chi connectivity index (χ3v) is 5.61. The lowest BCUT2D eigenvalue weighted by Gasteiger charge is -2.12. The third kappa shape index (κ3) is 3.06. The summed E-state index contributed by atoms with van der Waals surface area (Å²) in [5, 5.41) is 25.5. The number of nitriles is 1. The van der Waals surface area contributed by atoms with Gasteiger partial charge in [-0.2, -0.15) is 15.5 Å². The number of rotatable bonds is 5. The van der Waals surface area contributed by atoms with E-state index in [1.165, 1.54) is 6.07 Å². The molecule has 1 aliphatic carbocycles. The van der Waals surface area contributed by atoms with Gasteiger partial charge in [-0.05, 0) is 56.1 Å². The summed E-state index contributed by atoms with van der Waals surface area (Å²) in [7, 11) is 1.83. The Hall–Kier alpha value is -3.50. The van der Waals surface area contributed by atoms with Crippen LogP contribution in [0.4, 0.5) is 4.39 Å². The molecule has 1 fully saturated rings. The summed E-state index contributed by atoms with van der Waals surface area (Å²) >= 11 is 0. The van der Waals surface area contributed by atoms with E-state index < -0.39 is 0 Å². The van der Waals surface area contributed by atoms with Gasteiger partial charge in [-0.1, -0.05) is 6.07 Å². The molecule has 2 N–H and O–H groups in total. The molecule has 2 aromatic carbocycles. The minimum absolute atomic E-state index is 0.331. The average molecular weight is 400 g/mol. The molecule has 0 unspecified atom stereocenters. The van der Waals surface area contributed by atoms with Crippen LogP contribution in [-0.4, -0.2) is 27.0 Å². The first-order valence-corrected chi connectivity index (χ1v) is 9.99. The molecular formula is C23H21FN6. The molecule has 0 aliphatic heterocycles. The lowest BCUT2D eigenvalue weighted by atomic mass is 9.92.